The minimum atomic E-state index is -2.95. The smallest absolute Gasteiger partial charge is 0.387 e. The average Bonchev–Trinajstić information content (AvgIpc) is 2.39. The molecule has 0 radical (unpaired) electrons. The van der Waals surface area contributed by atoms with Gasteiger partial charge in [0.2, 0.25) is 0 Å². The van der Waals surface area contributed by atoms with Crippen molar-refractivity contribution in [3.05, 3.63) is 23.8 Å². The number of benzene rings is 1. The first-order valence-corrected chi connectivity index (χ1v) is 6.95. The van der Waals surface area contributed by atoms with Crippen LogP contribution in [0.15, 0.2) is 18.2 Å². The lowest BCUT2D eigenvalue weighted by atomic mass is 9.99. The van der Waals surface area contributed by atoms with E-state index in [0.29, 0.717) is 5.56 Å². The second-order valence-electron chi connectivity index (χ2n) is 5.72. The molecule has 2 amide bonds. The van der Waals surface area contributed by atoms with Gasteiger partial charge in [0.15, 0.2) is 0 Å². The van der Waals surface area contributed by atoms with Gasteiger partial charge in [-0.05, 0) is 38.8 Å². The van der Waals surface area contributed by atoms with Crippen LogP contribution in [0.2, 0.25) is 0 Å². The molecule has 1 aromatic rings. The van der Waals surface area contributed by atoms with Gasteiger partial charge < -0.3 is 20.5 Å². The van der Waals surface area contributed by atoms with Crippen molar-refractivity contribution in [2.45, 2.75) is 45.8 Å². The summed E-state index contributed by atoms with van der Waals surface area (Å²) in [6, 6.07) is 3.83. The maximum Gasteiger partial charge on any atom is 0.387 e. The predicted molar refractivity (Wildman–Crippen MR) is 80.9 cm³/mol. The molecular weight excluding hydrogens is 310 g/mol. The van der Waals surface area contributed by atoms with Crippen LogP contribution in [0.1, 0.15) is 32.3 Å². The Morgan fingerprint density at radius 2 is 2.00 bits per heavy atom. The largest absolute Gasteiger partial charge is 0.481 e. The Morgan fingerprint density at radius 3 is 2.57 bits per heavy atom. The van der Waals surface area contributed by atoms with Gasteiger partial charge >= 0.3 is 18.6 Å². The van der Waals surface area contributed by atoms with Crippen LogP contribution in [-0.4, -0.2) is 29.3 Å². The Kier molecular flexibility index (Phi) is 6.29. The fourth-order valence-electron chi connectivity index (χ4n) is 1.85. The predicted octanol–water partition coefficient (Wildman–Crippen LogP) is 3.36. The Morgan fingerprint density at radius 1 is 1.35 bits per heavy atom. The molecule has 0 saturated heterocycles. The summed E-state index contributed by atoms with van der Waals surface area (Å²) in [6.45, 7) is 2.04. The van der Waals surface area contributed by atoms with Crippen LogP contribution in [0.5, 0.6) is 5.75 Å². The lowest BCUT2D eigenvalue weighted by Crippen LogP contribution is -2.45. The number of ether oxygens (including phenoxy) is 1. The van der Waals surface area contributed by atoms with Crippen LogP contribution in [-0.2, 0) is 4.79 Å². The lowest BCUT2D eigenvalue weighted by Gasteiger charge is -2.25. The molecule has 128 valence electrons. The van der Waals surface area contributed by atoms with E-state index in [9.17, 15) is 18.4 Å². The molecule has 1 rings (SSSR count). The highest BCUT2D eigenvalue weighted by Gasteiger charge is 2.21. The molecule has 0 aromatic heterocycles. The van der Waals surface area contributed by atoms with Crippen molar-refractivity contribution in [3.8, 4) is 5.75 Å². The summed E-state index contributed by atoms with van der Waals surface area (Å²) in [7, 11) is 0. The molecular formula is C15H20F2N2O4. The van der Waals surface area contributed by atoms with Gasteiger partial charge in [-0.25, -0.2) is 4.79 Å². The summed E-state index contributed by atoms with van der Waals surface area (Å²) in [5.41, 5.74) is 0.0750. The number of alkyl halides is 2. The average molecular weight is 330 g/mol. The summed E-state index contributed by atoms with van der Waals surface area (Å²) in [5, 5.41) is 13.8. The number of halogens is 2. The molecule has 0 heterocycles. The maximum atomic E-state index is 12.3. The molecule has 1 aromatic carbocycles. The van der Waals surface area contributed by atoms with E-state index >= 15 is 0 Å². The third-order valence-electron chi connectivity index (χ3n) is 3.08. The standard InChI is InChI=1S/C15H20F2N2O4/c1-9-4-5-10(8-11(9)23-13(16)17)18-14(22)19-15(2,3)7-6-12(20)21/h4-5,8,13H,6-7H2,1-3H3,(H,20,21)(H2,18,19,22). The van der Waals surface area contributed by atoms with Gasteiger partial charge in [0.25, 0.3) is 0 Å². The van der Waals surface area contributed by atoms with Crippen molar-refractivity contribution in [3.63, 3.8) is 0 Å². The van der Waals surface area contributed by atoms with E-state index in [0.717, 1.165) is 0 Å². The number of nitrogens with one attached hydrogen (secondary N) is 2. The molecule has 3 N–H and O–H groups in total. The first kappa shape index (κ1) is 18.7. The highest BCUT2D eigenvalue weighted by molar-refractivity contribution is 5.90. The fraction of sp³-hybridized carbons (Fsp3) is 0.467. The van der Waals surface area contributed by atoms with Gasteiger partial charge in [-0.15, -0.1) is 0 Å². The van der Waals surface area contributed by atoms with Crippen LogP contribution < -0.4 is 15.4 Å². The van der Waals surface area contributed by atoms with E-state index in [4.69, 9.17) is 5.11 Å². The zero-order valence-electron chi connectivity index (χ0n) is 13.2. The van der Waals surface area contributed by atoms with Crippen molar-refractivity contribution < 1.29 is 28.2 Å². The SMILES string of the molecule is Cc1ccc(NC(=O)NC(C)(C)CCC(=O)O)cc1OC(F)F. The van der Waals surface area contributed by atoms with Crippen LogP contribution in [0.3, 0.4) is 0 Å². The number of urea groups is 1. The van der Waals surface area contributed by atoms with Gasteiger partial charge in [-0.3, -0.25) is 4.79 Å². The van der Waals surface area contributed by atoms with Crippen molar-refractivity contribution in [1.29, 1.82) is 0 Å². The third kappa shape index (κ3) is 6.94. The van der Waals surface area contributed by atoms with E-state index in [2.05, 4.69) is 15.4 Å². The number of hydrogen-bond acceptors (Lipinski definition) is 3. The highest BCUT2D eigenvalue weighted by atomic mass is 19.3. The van der Waals surface area contributed by atoms with Gasteiger partial charge in [0.05, 0.1) is 0 Å². The van der Waals surface area contributed by atoms with Crippen LogP contribution in [0.4, 0.5) is 19.3 Å². The van der Waals surface area contributed by atoms with Gasteiger partial charge in [0.1, 0.15) is 5.75 Å². The Balaban J connectivity index is 2.68. The molecule has 0 bridgehead atoms. The number of aliphatic carboxylic acids is 1. The molecule has 6 nitrogen and oxygen atoms in total. The maximum absolute atomic E-state index is 12.3. The summed E-state index contributed by atoms with van der Waals surface area (Å²) < 4.78 is 29.0. The summed E-state index contributed by atoms with van der Waals surface area (Å²) >= 11 is 0. The van der Waals surface area contributed by atoms with Crippen LogP contribution in [0, 0.1) is 6.92 Å². The molecule has 23 heavy (non-hydrogen) atoms. The molecule has 0 unspecified atom stereocenters. The van der Waals surface area contributed by atoms with Crippen molar-refractivity contribution in [2.24, 2.45) is 0 Å². The third-order valence-corrected chi connectivity index (χ3v) is 3.08. The number of aryl methyl sites for hydroxylation is 1. The molecule has 0 aliphatic carbocycles. The van der Waals surface area contributed by atoms with E-state index in [1.54, 1.807) is 32.9 Å². The monoisotopic (exact) mass is 330 g/mol. The molecule has 8 heteroatoms. The summed E-state index contributed by atoms with van der Waals surface area (Å²) in [6.07, 6.45) is 0.174. The quantitative estimate of drug-likeness (QED) is 0.715. The Labute approximate surface area is 132 Å². The summed E-state index contributed by atoms with van der Waals surface area (Å²) in [4.78, 5) is 22.5. The number of anilines is 1. The molecule has 0 spiro atoms. The highest BCUT2D eigenvalue weighted by Crippen LogP contribution is 2.24. The van der Waals surface area contributed by atoms with Gasteiger partial charge in [-0.1, -0.05) is 6.07 Å². The zero-order valence-corrected chi connectivity index (χ0v) is 13.2. The second-order valence-corrected chi connectivity index (χ2v) is 5.72. The molecule has 0 saturated carbocycles. The van der Waals surface area contributed by atoms with E-state index < -0.39 is 24.2 Å². The molecule has 0 aliphatic rings. The Bertz CT molecular complexity index is 577. The number of carboxylic acids is 1. The van der Waals surface area contributed by atoms with Crippen molar-refractivity contribution in [2.75, 3.05) is 5.32 Å². The first-order chi connectivity index (χ1) is 10.6. The number of carboxylic acid groups (broad SMARTS) is 1. The number of rotatable bonds is 7. The summed E-state index contributed by atoms with van der Waals surface area (Å²) in [5.74, 6) is -0.976. The lowest BCUT2D eigenvalue weighted by molar-refractivity contribution is -0.137. The normalized spacial score (nSPS) is 11.2. The number of carbonyl (C=O) groups is 2. The van der Waals surface area contributed by atoms with Gasteiger partial charge in [0, 0.05) is 23.7 Å². The zero-order chi connectivity index (χ0) is 17.6. The molecule has 0 atom stereocenters. The number of carbonyl (C=O) groups excluding carboxylic acids is 1. The van der Waals surface area contributed by atoms with E-state index in [1.807, 2.05) is 0 Å². The molecule has 0 aliphatic heterocycles. The van der Waals surface area contributed by atoms with Crippen LogP contribution in [0.25, 0.3) is 0 Å². The Hall–Kier alpha value is -2.38. The number of amides is 2. The topological polar surface area (TPSA) is 87.7 Å². The minimum Gasteiger partial charge on any atom is -0.481 e. The minimum absolute atomic E-state index is 0.0251. The second kappa shape index (κ2) is 7.75. The number of hydrogen-bond donors (Lipinski definition) is 3. The van der Waals surface area contributed by atoms with Gasteiger partial charge in [-0.2, -0.15) is 8.78 Å². The van der Waals surface area contributed by atoms with Crippen molar-refractivity contribution >= 4 is 17.7 Å². The van der Waals surface area contributed by atoms with Crippen LogP contribution >= 0.6 is 0 Å². The molecule has 0 fully saturated rings. The van der Waals surface area contributed by atoms with E-state index in [1.165, 1.54) is 6.07 Å². The fourth-order valence-corrected chi connectivity index (χ4v) is 1.85. The van der Waals surface area contributed by atoms with E-state index in [-0.39, 0.29) is 24.3 Å². The first-order valence-electron chi connectivity index (χ1n) is 6.95. The van der Waals surface area contributed by atoms with Crippen molar-refractivity contribution in [1.82, 2.24) is 5.32 Å².